The maximum atomic E-state index is 12.9. The van der Waals surface area contributed by atoms with Crippen LogP contribution in [0, 0.1) is 6.92 Å². The van der Waals surface area contributed by atoms with Crippen LogP contribution in [0.5, 0.6) is 5.75 Å². The number of aryl methyl sites for hydroxylation is 1. The normalized spacial score (nSPS) is 17.2. The van der Waals surface area contributed by atoms with Gasteiger partial charge in [-0.2, -0.15) is 13.2 Å². The number of alkyl halides is 3. The summed E-state index contributed by atoms with van der Waals surface area (Å²) in [7, 11) is 0. The number of amides is 1. The largest absolute Gasteiger partial charge is 0.493 e. The number of carbonyl (C=O) groups is 1. The van der Waals surface area contributed by atoms with Gasteiger partial charge in [-0.1, -0.05) is 18.2 Å². The molecule has 2 aromatic rings. The molecule has 0 saturated heterocycles. The number of rotatable bonds is 2. The zero-order valence-corrected chi connectivity index (χ0v) is 13.4. The highest BCUT2D eigenvalue weighted by atomic mass is 19.4. The van der Waals surface area contributed by atoms with Crippen molar-refractivity contribution in [2.45, 2.75) is 32.0 Å². The van der Waals surface area contributed by atoms with E-state index in [0.717, 1.165) is 17.4 Å². The van der Waals surface area contributed by atoms with Crippen molar-refractivity contribution < 1.29 is 22.7 Å². The molecule has 1 aromatic carbocycles. The van der Waals surface area contributed by atoms with E-state index >= 15 is 0 Å². The molecule has 0 saturated carbocycles. The molecule has 1 unspecified atom stereocenters. The van der Waals surface area contributed by atoms with Gasteiger partial charge >= 0.3 is 6.18 Å². The van der Waals surface area contributed by atoms with E-state index in [0.29, 0.717) is 19.4 Å². The average Bonchev–Trinajstić information content (AvgIpc) is 2.75. The molecule has 3 rings (SSSR count). The van der Waals surface area contributed by atoms with Crippen molar-refractivity contribution in [3.63, 3.8) is 0 Å². The molecule has 1 aliphatic heterocycles. The minimum absolute atomic E-state index is 0.0852. The van der Waals surface area contributed by atoms with Crippen LogP contribution in [0.3, 0.4) is 0 Å². The molecule has 1 aromatic heterocycles. The number of nitrogens with zero attached hydrogens (tertiary/aromatic N) is 2. The third-order valence-electron chi connectivity index (χ3n) is 3.85. The van der Waals surface area contributed by atoms with Gasteiger partial charge in [0, 0.05) is 18.2 Å². The Hall–Kier alpha value is -2.64. The lowest BCUT2D eigenvalue weighted by Gasteiger charge is -2.16. The Kier molecular flexibility index (Phi) is 4.61. The van der Waals surface area contributed by atoms with Gasteiger partial charge in [-0.3, -0.25) is 4.79 Å². The Morgan fingerprint density at radius 3 is 2.80 bits per heavy atom. The van der Waals surface area contributed by atoms with Gasteiger partial charge in [0.2, 0.25) is 5.82 Å². The number of carbonyl (C=O) groups excluding carboxylic acids is 1. The van der Waals surface area contributed by atoms with Crippen LogP contribution in [0.15, 0.2) is 30.3 Å². The van der Waals surface area contributed by atoms with Crippen LogP contribution in [-0.2, 0) is 12.6 Å². The Labute approximate surface area is 142 Å². The van der Waals surface area contributed by atoms with Gasteiger partial charge in [-0.25, -0.2) is 9.97 Å². The lowest BCUT2D eigenvalue weighted by Crippen LogP contribution is -2.38. The van der Waals surface area contributed by atoms with E-state index in [2.05, 4.69) is 15.3 Å². The molecule has 8 heteroatoms. The second-order valence-corrected chi connectivity index (χ2v) is 5.84. The summed E-state index contributed by atoms with van der Waals surface area (Å²) in [6, 6.07) is 8.01. The summed E-state index contributed by atoms with van der Waals surface area (Å²) in [5.41, 5.74) is -0.104. The summed E-state index contributed by atoms with van der Waals surface area (Å²) in [5, 5.41) is 2.71. The molecule has 1 atom stereocenters. The molecule has 25 heavy (non-hydrogen) atoms. The van der Waals surface area contributed by atoms with Crippen molar-refractivity contribution in [2.75, 3.05) is 6.61 Å². The Morgan fingerprint density at radius 1 is 1.28 bits per heavy atom. The predicted molar refractivity (Wildman–Crippen MR) is 83.3 cm³/mol. The molecule has 132 valence electrons. The molecule has 1 N–H and O–H groups in total. The molecule has 1 amide bonds. The van der Waals surface area contributed by atoms with Crippen molar-refractivity contribution >= 4 is 5.91 Å². The van der Waals surface area contributed by atoms with Crippen molar-refractivity contribution in [3.8, 4) is 5.75 Å². The van der Waals surface area contributed by atoms with Crippen LogP contribution in [0.4, 0.5) is 13.2 Å². The summed E-state index contributed by atoms with van der Waals surface area (Å²) in [6.45, 7) is 1.80. The third kappa shape index (κ3) is 4.07. The van der Waals surface area contributed by atoms with Crippen molar-refractivity contribution in [2.24, 2.45) is 0 Å². The summed E-state index contributed by atoms with van der Waals surface area (Å²) >= 11 is 0. The molecule has 0 aliphatic carbocycles. The number of hydrogen-bond donors (Lipinski definition) is 1. The maximum absolute atomic E-state index is 12.9. The van der Waals surface area contributed by atoms with Crippen LogP contribution in [0.2, 0.25) is 0 Å². The van der Waals surface area contributed by atoms with E-state index in [1.807, 2.05) is 24.3 Å². The lowest BCUT2D eigenvalue weighted by molar-refractivity contribution is -0.141. The summed E-state index contributed by atoms with van der Waals surface area (Å²) in [6.07, 6.45) is -3.56. The van der Waals surface area contributed by atoms with Gasteiger partial charge in [0.05, 0.1) is 6.61 Å². The third-order valence-corrected chi connectivity index (χ3v) is 3.85. The average molecular weight is 351 g/mol. The molecular weight excluding hydrogens is 335 g/mol. The minimum atomic E-state index is -4.63. The van der Waals surface area contributed by atoms with Crippen LogP contribution in [0.1, 0.15) is 34.0 Å². The highest BCUT2D eigenvalue weighted by molar-refractivity contribution is 5.90. The number of halogens is 3. The first-order chi connectivity index (χ1) is 11.8. The zero-order chi connectivity index (χ0) is 18.0. The Bertz CT molecular complexity index is 793. The molecule has 0 bridgehead atoms. The van der Waals surface area contributed by atoms with Gasteiger partial charge in [0.1, 0.15) is 11.4 Å². The number of hydrogen-bond acceptors (Lipinski definition) is 4. The van der Waals surface area contributed by atoms with E-state index in [9.17, 15) is 18.0 Å². The summed E-state index contributed by atoms with van der Waals surface area (Å²) < 4.78 is 44.2. The molecule has 2 heterocycles. The zero-order valence-electron chi connectivity index (χ0n) is 13.4. The van der Waals surface area contributed by atoms with Crippen molar-refractivity contribution in [1.29, 1.82) is 0 Å². The van der Waals surface area contributed by atoms with E-state index in [-0.39, 0.29) is 11.7 Å². The number of aromatic nitrogens is 2. The standard InChI is InChI=1S/C17H16F3N3O2/c1-10-8-14(17(18,19)20)23-15(21-10)16(24)22-12-6-7-25-13-5-3-2-4-11(13)9-12/h2-5,8,12H,6-7,9H2,1H3,(H,22,24). The second kappa shape index (κ2) is 6.70. The van der Waals surface area contributed by atoms with Crippen LogP contribution < -0.4 is 10.1 Å². The van der Waals surface area contributed by atoms with Gasteiger partial charge in [0.15, 0.2) is 0 Å². The van der Waals surface area contributed by atoms with E-state index in [1.165, 1.54) is 6.92 Å². The first kappa shape index (κ1) is 17.2. The predicted octanol–water partition coefficient (Wildman–Crippen LogP) is 2.93. The fraction of sp³-hybridized carbons (Fsp3) is 0.353. The highest BCUT2D eigenvalue weighted by Crippen LogP contribution is 2.28. The SMILES string of the molecule is Cc1cc(C(F)(F)F)nc(C(=O)NC2CCOc3ccccc3C2)n1. The first-order valence-corrected chi connectivity index (χ1v) is 7.77. The summed E-state index contributed by atoms with van der Waals surface area (Å²) in [4.78, 5) is 19.5. The quantitative estimate of drug-likeness (QED) is 0.904. The van der Waals surface area contributed by atoms with E-state index < -0.39 is 23.6 Å². The van der Waals surface area contributed by atoms with Gasteiger partial charge in [-0.05, 0) is 31.0 Å². The van der Waals surface area contributed by atoms with Crippen molar-refractivity contribution in [1.82, 2.24) is 15.3 Å². The topological polar surface area (TPSA) is 64.1 Å². The Balaban J connectivity index is 1.78. The number of ether oxygens (including phenoxy) is 1. The fourth-order valence-electron chi connectivity index (χ4n) is 2.68. The monoisotopic (exact) mass is 351 g/mol. The van der Waals surface area contributed by atoms with Crippen molar-refractivity contribution in [3.05, 3.63) is 53.1 Å². The van der Waals surface area contributed by atoms with Crippen LogP contribution >= 0.6 is 0 Å². The lowest BCUT2D eigenvalue weighted by atomic mass is 10.0. The Morgan fingerprint density at radius 2 is 2.04 bits per heavy atom. The molecule has 0 radical (unpaired) electrons. The van der Waals surface area contributed by atoms with Gasteiger partial charge < -0.3 is 10.1 Å². The minimum Gasteiger partial charge on any atom is -0.493 e. The summed E-state index contributed by atoms with van der Waals surface area (Å²) in [5.74, 6) is -0.449. The smallest absolute Gasteiger partial charge is 0.433 e. The van der Waals surface area contributed by atoms with Crippen LogP contribution in [-0.4, -0.2) is 28.5 Å². The molecule has 0 spiro atoms. The first-order valence-electron chi connectivity index (χ1n) is 7.77. The van der Waals surface area contributed by atoms with E-state index in [4.69, 9.17) is 4.74 Å². The maximum Gasteiger partial charge on any atom is 0.433 e. The van der Waals surface area contributed by atoms with E-state index in [1.54, 1.807) is 0 Å². The molecular formula is C17H16F3N3O2. The highest BCUT2D eigenvalue weighted by Gasteiger charge is 2.34. The molecule has 5 nitrogen and oxygen atoms in total. The van der Waals surface area contributed by atoms with Gasteiger partial charge in [-0.15, -0.1) is 0 Å². The number of nitrogens with one attached hydrogen (secondary N) is 1. The molecule has 0 fully saturated rings. The number of benzene rings is 1. The van der Waals surface area contributed by atoms with Crippen LogP contribution in [0.25, 0.3) is 0 Å². The number of para-hydroxylation sites is 1. The number of fused-ring (bicyclic) bond motifs is 1. The molecule has 1 aliphatic rings. The van der Waals surface area contributed by atoms with Gasteiger partial charge in [0.25, 0.3) is 5.91 Å². The second-order valence-electron chi connectivity index (χ2n) is 5.84. The fourth-order valence-corrected chi connectivity index (χ4v) is 2.68.